The van der Waals surface area contributed by atoms with Gasteiger partial charge < -0.3 is 14.8 Å². The van der Waals surface area contributed by atoms with E-state index in [-0.39, 0.29) is 4.90 Å². The second-order valence-electron chi connectivity index (χ2n) is 8.80. The monoisotopic (exact) mass is 487 g/mol. The van der Waals surface area contributed by atoms with Gasteiger partial charge in [-0.3, -0.25) is 9.82 Å². The van der Waals surface area contributed by atoms with Gasteiger partial charge in [0, 0.05) is 31.9 Å². The minimum atomic E-state index is -3.76. The zero-order chi connectivity index (χ0) is 24.0. The first kappa shape index (κ1) is 21.6. The van der Waals surface area contributed by atoms with Crippen LogP contribution in [0.5, 0.6) is 0 Å². The van der Waals surface area contributed by atoms with Crippen LogP contribution in [-0.2, 0) is 10.0 Å². The molecule has 2 aromatic heterocycles. The first-order valence-corrected chi connectivity index (χ1v) is 12.9. The Morgan fingerprint density at radius 2 is 1.71 bits per heavy atom. The highest BCUT2D eigenvalue weighted by Gasteiger charge is 2.21. The van der Waals surface area contributed by atoms with E-state index in [1.54, 1.807) is 42.5 Å². The van der Waals surface area contributed by atoms with E-state index in [1.165, 1.54) is 0 Å². The summed E-state index contributed by atoms with van der Waals surface area (Å²) >= 11 is 0. The maximum atomic E-state index is 13.0. The largest absolute Gasteiger partial charge is 0.369 e. The van der Waals surface area contributed by atoms with Crippen molar-refractivity contribution in [2.75, 3.05) is 42.8 Å². The van der Waals surface area contributed by atoms with E-state index in [0.29, 0.717) is 28.1 Å². The van der Waals surface area contributed by atoms with Crippen LogP contribution in [0.25, 0.3) is 33.5 Å². The molecule has 3 aromatic carbocycles. The fourth-order valence-electron chi connectivity index (χ4n) is 4.50. The van der Waals surface area contributed by atoms with E-state index in [4.69, 9.17) is 4.98 Å². The number of aromatic nitrogens is 4. The fourth-order valence-corrected chi connectivity index (χ4v) is 5.60. The molecule has 1 aliphatic rings. The molecule has 0 aliphatic carbocycles. The minimum absolute atomic E-state index is 0.197. The molecule has 0 amide bonds. The smallest absolute Gasteiger partial charge is 0.261 e. The molecular weight excluding hydrogens is 462 g/mol. The lowest BCUT2D eigenvalue weighted by Crippen LogP contribution is -2.44. The first-order valence-electron chi connectivity index (χ1n) is 11.5. The summed E-state index contributed by atoms with van der Waals surface area (Å²) in [5.41, 5.74) is 4.61. The number of fused-ring (bicyclic) bond motifs is 2. The number of anilines is 2. The van der Waals surface area contributed by atoms with Crippen LogP contribution in [0.2, 0.25) is 0 Å². The van der Waals surface area contributed by atoms with Crippen molar-refractivity contribution in [3.8, 4) is 11.5 Å². The van der Waals surface area contributed by atoms with Gasteiger partial charge in [-0.2, -0.15) is 5.10 Å². The van der Waals surface area contributed by atoms with Gasteiger partial charge in [-0.1, -0.05) is 24.3 Å². The standard InChI is InChI=1S/C25H25N7O2S/c1-31-12-14-32(15-13-31)17-10-11-19-22(16-17)27-25(26-19)24-23-20(28-29-24)8-5-9-21(23)30-35(33,34)18-6-3-2-4-7-18/h2-11,16,30H,12-15H2,1H3,(H,26,27)(H,28,29). The molecule has 3 heterocycles. The van der Waals surface area contributed by atoms with E-state index in [1.807, 2.05) is 12.1 Å². The van der Waals surface area contributed by atoms with Crippen LogP contribution in [0.1, 0.15) is 0 Å². The number of aromatic amines is 2. The average Bonchev–Trinajstić information content (AvgIpc) is 3.49. The van der Waals surface area contributed by atoms with Crippen LogP contribution in [0, 0.1) is 0 Å². The van der Waals surface area contributed by atoms with E-state index < -0.39 is 10.0 Å². The third-order valence-corrected chi connectivity index (χ3v) is 7.83. The molecule has 6 rings (SSSR count). The summed E-state index contributed by atoms with van der Waals surface area (Å²) in [6, 6.07) is 19.9. The second kappa shape index (κ2) is 8.40. The lowest BCUT2D eigenvalue weighted by atomic mass is 10.1. The predicted molar refractivity (Wildman–Crippen MR) is 138 cm³/mol. The zero-order valence-electron chi connectivity index (χ0n) is 19.2. The maximum absolute atomic E-state index is 13.0. The summed E-state index contributed by atoms with van der Waals surface area (Å²) in [7, 11) is -1.62. The third kappa shape index (κ3) is 4.00. The number of rotatable bonds is 5. The number of nitrogens with one attached hydrogen (secondary N) is 3. The number of nitrogens with zero attached hydrogens (tertiary/aromatic N) is 4. The highest BCUT2D eigenvalue weighted by molar-refractivity contribution is 7.92. The fraction of sp³-hybridized carbons (Fsp3) is 0.200. The summed E-state index contributed by atoms with van der Waals surface area (Å²) in [6.45, 7) is 4.04. The van der Waals surface area contributed by atoms with Gasteiger partial charge in [0.1, 0.15) is 5.69 Å². The Morgan fingerprint density at radius 3 is 2.51 bits per heavy atom. The number of likely N-dealkylation sites (N-methyl/N-ethyl adjacent to an activating group) is 1. The molecule has 35 heavy (non-hydrogen) atoms. The van der Waals surface area contributed by atoms with Crippen molar-refractivity contribution >= 4 is 43.3 Å². The number of hydrogen-bond donors (Lipinski definition) is 3. The van der Waals surface area contributed by atoms with Gasteiger partial charge in [0.2, 0.25) is 0 Å². The molecule has 5 aromatic rings. The van der Waals surface area contributed by atoms with Crippen LogP contribution in [0.3, 0.4) is 0 Å². The molecule has 0 atom stereocenters. The Bertz CT molecular complexity index is 1620. The molecule has 0 radical (unpaired) electrons. The van der Waals surface area contributed by atoms with Gasteiger partial charge >= 0.3 is 0 Å². The van der Waals surface area contributed by atoms with Crippen molar-refractivity contribution in [3.05, 3.63) is 66.7 Å². The van der Waals surface area contributed by atoms with Crippen LogP contribution >= 0.6 is 0 Å². The van der Waals surface area contributed by atoms with E-state index in [9.17, 15) is 8.42 Å². The number of hydrogen-bond acceptors (Lipinski definition) is 6. The van der Waals surface area contributed by atoms with Crippen molar-refractivity contribution in [2.45, 2.75) is 4.90 Å². The Hall–Kier alpha value is -3.89. The summed E-state index contributed by atoms with van der Waals surface area (Å²) < 4.78 is 28.7. The summed E-state index contributed by atoms with van der Waals surface area (Å²) in [4.78, 5) is 13.1. The molecule has 178 valence electrons. The van der Waals surface area contributed by atoms with Gasteiger partial charge in [0.25, 0.3) is 10.0 Å². The van der Waals surface area contributed by atoms with Crippen LogP contribution in [0.4, 0.5) is 11.4 Å². The third-order valence-electron chi connectivity index (χ3n) is 6.45. The Labute approximate surface area is 202 Å². The molecule has 9 nitrogen and oxygen atoms in total. The molecule has 0 unspecified atom stereocenters. The SMILES string of the molecule is CN1CCN(c2ccc3nc(-c4n[nH]c5cccc(NS(=O)(=O)c6ccccc6)c45)[nH]c3c2)CC1. The zero-order valence-corrected chi connectivity index (χ0v) is 20.0. The predicted octanol–water partition coefficient (Wildman–Crippen LogP) is 3.66. The molecule has 0 spiro atoms. The first-order chi connectivity index (χ1) is 17.0. The van der Waals surface area contributed by atoms with Gasteiger partial charge in [0.15, 0.2) is 5.82 Å². The molecule has 1 aliphatic heterocycles. The lowest BCUT2D eigenvalue weighted by molar-refractivity contribution is 0.313. The number of benzene rings is 3. The van der Waals surface area contributed by atoms with Crippen molar-refractivity contribution < 1.29 is 8.42 Å². The maximum Gasteiger partial charge on any atom is 0.261 e. The average molecular weight is 488 g/mol. The van der Waals surface area contributed by atoms with Gasteiger partial charge in [-0.05, 0) is 49.5 Å². The van der Waals surface area contributed by atoms with Gasteiger partial charge in [0.05, 0.1) is 32.5 Å². The minimum Gasteiger partial charge on any atom is -0.369 e. The number of piperazine rings is 1. The van der Waals surface area contributed by atoms with Crippen molar-refractivity contribution in [1.82, 2.24) is 25.1 Å². The van der Waals surface area contributed by atoms with E-state index in [2.05, 4.69) is 48.9 Å². The van der Waals surface area contributed by atoms with Crippen LogP contribution in [0.15, 0.2) is 71.6 Å². The number of sulfonamides is 1. The molecular formula is C25H25N7O2S. The molecule has 0 saturated carbocycles. The van der Waals surface area contributed by atoms with Gasteiger partial charge in [-0.25, -0.2) is 13.4 Å². The van der Waals surface area contributed by atoms with Crippen molar-refractivity contribution in [3.63, 3.8) is 0 Å². The lowest BCUT2D eigenvalue weighted by Gasteiger charge is -2.34. The number of imidazole rings is 1. The second-order valence-corrected chi connectivity index (χ2v) is 10.5. The quantitative estimate of drug-likeness (QED) is 0.349. The topological polar surface area (TPSA) is 110 Å². The Balaban J connectivity index is 1.38. The normalized spacial score (nSPS) is 15.2. The van der Waals surface area contributed by atoms with E-state index >= 15 is 0 Å². The van der Waals surface area contributed by atoms with Crippen molar-refractivity contribution in [1.29, 1.82) is 0 Å². The summed E-state index contributed by atoms with van der Waals surface area (Å²) in [5.74, 6) is 0.577. The summed E-state index contributed by atoms with van der Waals surface area (Å²) in [6.07, 6.45) is 0. The molecule has 0 bridgehead atoms. The molecule has 10 heteroatoms. The molecule has 3 N–H and O–H groups in total. The summed E-state index contributed by atoms with van der Waals surface area (Å²) in [5, 5.41) is 8.14. The van der Waals surface area contributed by atoms with E-state index in [0.717, 1.165) is 42.9 Å². The molecule has 1 saturated heterocycles. The highest BCUT2D eigenvalue weighted by atomic mass is 32.2. The van der Waals surface area contributed by atoms with Crippen molar-refractivity contribution in [2.24, 2.45) is 0 Å². The highest BCUT2D eigenvalue weighted by Crippen LogP contribution is 2.33. The van der Waals surface area contributed by atoms with Crippen LogP contribution < -0.4 is 9.62 Å². The Morgan fingerprint density at radius 1 is 0.914 bits per heavy atom. The number of H-pyrrole nitrogens is 2. The molecule has 1 fully saturated rings. The van der Waals surface area contributed by atoms with Crippen LogP contribution in [-0.4, -0.2) is 66.7 Å². The Kier molecular flexibility index (Phi) is 5.19. The van der Waals surface area contributed by atoms with Gasteiger partial charge in [-0.15, -0.1) is 0 Å².